The van der Waals surface area contributed by atoms with Gasteiger partial charge in [-0.2, -0.15) is 5.26 Å². The van der Waals surface area contributed by atoms with E-state index in [4.69, 9.17) is 10.00 Å². The number of nitrogens with zero attached hydrogens (tertiary/aromatic N) is 4. The van der Waals surface area contributed by atoms with Crippen LogP contribution in [0.5, 0.6) is 5.88 Å². The molecule has 3 rings (SSSR count). The number of aromatic nitrogens is 2. The van der Waals surface area contributed by atoms with Gasteiger partial charge in [0.15, 0.2) is 5.82 Å². The predicted molar refractivity (Wildman–Crippen MR) is 79.0 cm³/mol. The number of hydrogen-bond donors (Lipinski definition) is 0. The Hall–Kier alpha value is -2.68. The van der Waals surface area contributed by atoms with Gasteiger partial charge in [0, 0.05) is 12.7 Å². The fourth-order valence-electron chi connectivity index (χ4n) is 2.52. The van der Waals surface area contributed by atoms with Crippen molar-refractivity contribution in [2.24, 2.45) is 0 Å². The maximum absolute atomic E-state index is 13.6. The van der Waals surface area contributed by atoms with E-state index < -0.39 is 5.82 Å². The first kappa shape index (κ1) is 14.3. The molecule has 1 aliphatic heterocycles. The fourth-order valence-corrected chi connectivity index (χ4v) is 2.52. The van der Waals surface area contributed by atoms with Crippen LogP contribution in [0.25, 0.3) is 0 Å². The van der Waals surface area contributed by atoms with Crippen molar-refractivity contribution in [1.82, 2.24) is 9.97 Å². The zero-order valence-electron chi connectivity index (χ0n) is 11.9. The molecule has 2 aromatic heterocycles. The number of halogens is 1. The Morgan fingerprint density at radius 1 is 1.32 bits per heavy atom. The first-order valence-electron chi connectivity index (χ1n) is 7.14. The Bertz CT molecular complexity index is 683. The molecule has 0 aromatic carbocycles. The van der Waals surface area contributed by atoms with Crippen molar-refractivity contribution in [3.8, 4) is 11.9 Å². The summed E-state index contributed by atoms with van der Waals surface area (Å²) in [5.74, 6) is -0.396. The summed E-state index contributed by atoms with van der Waals surface area (Å²) in [6.07, 6.45) is 4.88. The molecule has 112 valence electrons. The Morgan fingerprint density at radius 2 is 2.23 bits per heavy atom. The first-order chi connectivity index (χ1) is 10.8. The van der Waals surface area contributed by atoms with Crippen LogP contribution in [0.4, 0.5) is 10.1 Å². The Labute approximate surface area is 128 Å². The summed E-state index contributed by atoms with van der Waals surface area (Å²) in [4.78, 5) is 10.1. The van der Waals surface area contributed by atoms with E-state index in [0.29, 0.717) is 12.2 Å². The summed E-state index contributed by atoms with van der Waals surface area (Å²) in [6.45, 7) is 1.53. The molecule has 0 bridgehead atoms. The van der Waals surface area contributed by atoms with Crippen LogP contribution >= 0.6 is 0 Å². The van der Waals surface area contributed by atoms with Crippen LogP contribution in [0, 0.1) is 17.1 Å². The summed E-state index contributed by atoms with van der Waals surface area (Å²) in [5, 5.41) is 8.78. The van der Waals surface area contributed by atoms with Crippen LogP contribution in [0.3, 0.4) is 0 Å². The molecule has 0 unspecified atom stereocenters. The Balaban J connectivity index is 1.69. The predicted octanol–water partition coefficient (Wildman–Crippen LogP) is 2.54. The number of nitriles is 1. The monoisotopic (exact) mass is 298 g/mol. The third kappa shape index (κ3) is 3.14. The van der Waals surface area contributed by atoms with Gasteiger partial charge in [0.05, 0.1) is 18.4 Å². The number of rotatable bonds is 3. The lowest BCUT2D eigenvalue weighted by Gasteiger charge is -2.34. The second kappa shape index (κ2) is 6.39. The molecule has 1 atom stereocenters. The Kier molecular flexibility index (Phi) is 4.15. The van der Waals surface area contributed by atoms with Crippen LogP contribution in [0.15, 0.2) is 36.7 Å². The van der Waals surface area contributed by atoms with Crippen molar-refractivity contribution >= 4 is 5.69 Å². The molecule has 1 aliphatic rings. The van der Waals surface area contributed by atoms with Gasteiger partial charge in [0.2, 0.25) is 0 Å². The van der Waals surface area contributed by atoms with Crippen molar-refractivity contribution in [2.45, 2.75) is 18.9 Å². The van der Waals surface area contributed by atoms with Gasteiger partial charge in [-0.25, -0.2) is 14.4 Å². The highest BCUT2D eigenvalue weighted by Crippen LogP contribution is 2.23. The summed E-state index contributed by atoms with van der Waals surface area (Å²) in [6, 6.07) is 8.44. The zero-order valence-corrected chi connectivity index (χ0v) is 11.9. The van der Waals surface area contributed by atoms with E-state index in [2.05, 4.69) is 14.9 Å². The number of ether oxygens (including phenoxy) is 1. The average molecular weight is 298 g/mol. The van der Waals surface area contributed by atoms with Gasteiger partial charge >= 0.3 is 0 Å². The quantitative estimate of drug-likeness (QED) is 0.871. The number of anilines is 1. The van der Waals surface area contributed by atoms with E-state index >= 15 is 0 Å². The SMILES string of the molecule is N#Cc1ccc(N2CCC[C@H](Oc3ncccc3F)C2)cn1. The van der Waals surface area contributed by atoms with Gasteiger partial charge in [-0.05, 0) is 37.1 Å². The largest absolute Gasteiger partial charge is 0.470 e. The van der Waals surface area contributed by atoms with Gasteiger partial charge in [0.25, 0.3) is 5.88 Å². The minimum absolute atomic E-state index is 0.0484. The van der Waals surface area contributed by atoms with Crippen molar-refractivity contribution in [3.63, 3.8) is 0 Å². The van der Waals surface area contributed by atoms with Gasteiger partial charge in [0.1, 0.15) is 17.9 Å². The van der Waals surface area contributed by atoms with Crippen LogP contribution < -0.4 is 9.64 Å². The van der Waals surface area contributed by atoms with Crippen molar-refractivity contribution in [1.29, 1.82) is 5.26 Å². The topological polar surface area (TPSA) is 62.0 Å². The molecule has 0 spiro atoms. The lowest BCUT2D eigenvalue weighted by molar-refractivity contribution is 0.164. The van der Waals surface area contributed by atoms with E-state index in [1.807, 2.05) is 12.1 Å². The molecule has 3 heterocycles. The molecule has 22 heavy (non-hydrogen) atoms. The van der Waals surface area contributed by atoms with Gasteiger partial charge in [-0.3, -0.25) is 0 Å². The normalized spacial score (nSPS) is 17.8. The highest BCUT2D eigenvalue weighted by Gasteiger charge is 2.23. The van der Waals surface area contributed by atoms with E-state index in [9.17, 15) is 4.39 Å². The average Bonchev–Trinajstić information content (AvgIpc) is 2.57. The number of pyridine rings is 2. The molecule has 6 heteroatoms. The van der Waals surface area contributed by atoms with Gasteiger partial charge in [-0.1, -0.05) is 0 Å². The smallest absolute Gasteiger partial charge is 0.250 e. The maximum Gasteiger partial charge on any atom is 0.250 e. The molecule has 0 N–H and O–H groups in total. The number of piperidine rings is 1. The van der Waals surface area contributed by atoms with Gasteiger partial charge in [-0.15, -0.1) is 0 Å². The lowest BCUT2D eigenvalue weighted by atomic mass is 10.1. The van der Waals surface area contributed by atoms with Crippen molar-refractivity contribution in [2.75, 3.05) is 18.0 Å². The molecule has 0 aliphatic carbocycles. The standard InChI is InChI=1S/C16H15FN4O/c17-15-4-1-7-19-16(15)22-14-3-2-8-21(11-14)13-6-5-12(9-18)20-10-13/h1,4-7,10,14H,2-3,8,11H2/t14-/m0/s1. The third-order valence-electron chi connectivity index (χ3n) is 3.61. The molecule has 0 saturated carbocycles. The second-order valence-electron chi connectivity index (χ2n) is 5.13. The summed E-state index contributed by atoms with van der Waals surface area (Å²) >= 11 is 0. The summed E-state index contributed by atoms with van der Waals surface area (Å²) in [7, 11) is 0. The maximum atomic E-state index is 13.6. The zero-order chi connectivity index (χ0) is 15.4. The fraction of sp³-hybridized carbons (Fsp3) is 0.312. The lowest BCUT2D eigenvalue weighted by Crippen LogP contribution is -2.41. The highest BCUT2D eigenvalue weighted by molar-refractivity contribution is 5.46. The minimum Gasteiger partial charge on any atom is -0.470 e. The van der Waals surface area contributed by atoms with E-state index in [-0.39, 0.29) is 12.0 Å². The molecule has 1 fully saturated rings. The Morgan fingerprint density at radius 3 is 2.95 bits per heavy atom. The van der Waals surface area contributed by atoms with Crippen molar-refractivity contribution in [3.05, 3.63) is 48.2 Å². The van der Waals surface area contributed by atoms with E-state index in [1.54, 1.807) is 12.3 Å². The highest BCUT2D eigenvalue weighted by atomic mass is 19.1. The molecule has 0 radical (unpaired) electrons. The van der Waals surface area contributed by atoms with Crippen molar-refractivity contribution < 1.29 is 9.13 Å². The number of hydrogen-bond acceptors (Lipinski definition) is 5. The van der Waals surface area contributed by atoms with Crippen LogP contribution in [-0.2, 0) is 0 Å². The molecule has 1 saturated heterocycles. The van der Waals surface area contributed by atoms with E-state index in [0.717, 1.165) is 25.1 Å². The van der Waals surface area contributed by atoms with Crippen LogP contribution in [0.2, 0.25) is 0 Å². The molecule has 0 amide bonds. The third-order valence-corrected chi connectivity index (χ3v) is 3.61. The summed E-state index contributed by atoms with van der Waals surface area (Å²) < 4.78 is 19.3. The molecular formula is C16H15FN4O. The summed E-state index contributed by atoms with van der Waals surface area (Å²) in [5.41, 5.74) is 1.33. The molecular weight excluding hydrogens is 283 g/mol. The second-order valence-corrected chi connectivity index (χ2v) is 5.13. The van der Waals surface area contributed by atoms with E-state index in [1.165, 1.54) is 18.3 Å². The minimum atomic E-state index is -0.445. The molecule has 5 nitrogen and oxygen atoms in total. The van der Waals surface area contributed by atoms with Crippen LogP contribution in [0.1, 0.15) is 18.5 Å². The van der Waals surface area contributed by atoms with Crippen LogP contribution in [-0.4, -0.2) is 29.2 Å². The first-order valence-corrected chi connectivity index (χ1v) is 7.14. The van der Waals surface area contributed by atoms with Gasteiger partial charge < -0.3 is 9.64 Å². The molecule has 2 aromatic rings.